The Kier molecular flexibility index (Phi) is 4.69. The van der Waals surface area contributed by atoms with E-state index in [4.69, 9.17) is 9.47 Å². The predicted octanol–water partition coefficient (Wildman–Crippen LogP) is 2.23. The van der Waals surface area contributed by atoms with Crippen molar-refractivity contribution in [2.24, 2.45) is 0 Å². The highest BCUT2D eigenvalue weighted by molar-refractivity contribution is 4.73. The van der Waals surface area contributed by atoms with Crippen LogP contribution >= 0.6 is 0 Å². The van der Waals surface area contributed by atoms with E-state index in [0.29, 0.717) is 12.2 Å². The van der Waals surface area contributed by atoms with Gasteiger partial charge < -0.3 is 9.47 Å². The molecular formula is C9H20O2. The fourth-order valence-electron chi connectivity index (χ4n) is 1.04. The Hall–Kier alpha value is -0.0800. The minimum absolute atomic E-state index is 0. The summed E-state index contributed by atoms with van der Waals surface area (Å²) in [6, 6.07) is 0. The summed E-state index contributed by atoms with van der Waals surface area (Å²) < 4.78 is 10.1. The maximum atomic E-state index is 5.07. The van der Waals surface area contributed by atoms with Gasteiger partial charge in [-0.2, -0.15) is 0 Å². The van der Waals surface area contributed by atoms with Crippen molar-refractivity contribution >= 4 is 0 Å². The van der Waals surface area contributed by atoms with Crippen LogP contribution in [0.25, 0.3) is 0 Å². The van der Waals surface area contributed by atoms with E-state index in [0.717, 1.165) is 13.2 Å². The number of hydrogen-bond acceptors (Lipinski definition) is 2. The predicted molar refractivity (Wildman–Crippen MR) is 46.8 cm³/mol. The molecule has 0 aromatic rings. The van der Waals surface area contributed by atoms with Crippen LogP contribution in [0.5, 0.6) is 0 Å². The molecule has 68 valence electrons. The van der Waals surface area contributed by atoms with Crippen LogP contribution in [0.15, 0.2) is 0 Å². The summed E-state index contributed by atoms with van der Waals surface area (Å²) in [5.41, 5.74) is 0. The average molecular weight is 160 g/mol. The van der Waals surface area contributed by atoms with Crippen LogP contribution in [0.2, 0.25) is 0 Å². The molecule has 2 unspecified atom stereocenters. The molecule has 2 aliphatic rings. The first kappa shape index (κ1) is 10.9. The van der Waals surface area contributed by atoms with Crippen LogP contribution in [0.1, 0.15) is 34.1 Å². The molecule has 2 heterocycles. The monoisotopic (exact) mass is 160 g/mol. The zero-order valence-corrected chi connectivity index (χ0v) is 5.51. The third-order valence-corrected chi connectivity index (χ3v) is 1.86. The van der Waals surface area contributed by atoms with Crippen molar-refractivity contribution in [1.29, 1.82) is 0 Å². The van der Waals surface area contributed by atoms with Crippen molar-refractivity contribution < 1.29 is 9.47 Å². The second kappa shape index (κ2) is 4.73. The zero-order chi connectivity index (χ0) is 6.10. The molecule has 2 fully saturated rings. The van der Waals surface area contributed by atoms with Crippen LogP contribution in [0.4, 0.5) is 0 Å². The molecule has 2 atom stereocenters. The van der Waals surface area contributed by atoms with Crippen LogP contribution in [0.3, 0.4) is 0 Å². The zero-order valence-electron chi connectivity index (χ0n) is 5.51. The topological polar surface area (TPSA) is 25.1 Å². The summed E-state index contributed by atoms with van der Waals surface area (Å²) in [6.45, 7) is 2.01. The summed E-state index contributed by atoms with van der Waals surface area (Å²) in [7, 11) is 0. The van der Waals surface area contributed by atoms with Crippen molar-refractivity contribution in [3.63, 3.8) is 0 Å². The van der Waals surface area contributed by atoms with Gasteiger partial charge in [0.15, 0.2) is 0 Å². The molecule has 0 spiro atoms. The smallest absolute Gasteiger partial charge is 0.0810 e. The quantitative estimate of drug-likeness (QED) is 0.589. The van der Waals surface area contributed by atoms with Crippen LogP contribution in [-0.2, 0) is 9.47 Å². The third kappa shape index (κ3) is 4.38. The highest BCUT2D eigenvalue weighted by Crippen LogP contribution is 2.21. The second-order valence-corrected chi connectivity index (χ2v) is 2.84. The Bertz CT molecular complexity index is 83.7. The first-order valence-electron chi connectivity index (χ1n) is 3.68. The molecule has 2 aliphatic heterocycles. The van der Waals surface area contributed by atoms with Gasteiger partial charge in [-0.15, -0.1) is 0 Å². The molecule has 2 heteroatoms. The molecule has 11 heavy (non-hydrogen) atoms. The van der Waals surface area contributed by atoms with Crippen LogP contribution in [-0.4, -0.2) is 25.4 Å². The summed E-state index contributed by atoms with van der Waals surface area (Å²) >= 11 is 0. The van der Waals surface area contributed by atoms with Gasteiger partial charge in [0.25, 0.3) is 0 Å². The van der Waals surface area contributed by atoms with Crippen molar-refractivity contribution in [2.45, 2.75) is 46.3 Å². The molecule has 0 bridgehead atoms. The highest BCUT2D eigenvalue weighted by atomic mass is 16.6. The molecule has 2 nitrogen and oxygen atoms in total. The van der Waals surface area contributed by atoms with Crippen LogP contribution in [0, 0.1) is 0 Å². The van der Waals surface area contributed by atoms with E-state index in [9.17, 15) is 0 Å². The Morgan fingerprint density at radius 3 is 1.55 bits per heavy atom. The van der Waals surface area contributed by atoms with Crippen molar-refractivity contribution in [2.75, 3.05) is 13.2 Å². The summed E-state index contributed by atoms with van der Waals surface area (Å²) in [6.07, 6.45) is 5.02. The Morgan fingerprint density at radius 1 is 0.909 bits per heavy atom. The SMILES string of the molecule is C.C.C(CC1CO1)CC1CO1. The molecule has 0 saturated carbocycles. The summed E-state index contributed by atoms with van der Waals surface area (Å²) in [5.74, 6) is 0. The molecule has 2 rings (SSSR count). The van der Waals surface area contributed by atoms with Crippen LogP contribution < -0.4 is 0 Å². The van der Waals surface area contributed by atoms with Gasteiger partial charge in [-0.05, 0) is 19.3 Å². The first-order chi connectivity index (χ1) is 4.45. The molecular weight excluding hydrogens is 140 g/mol. The number of rotatable bonds is 4. The van der Waals surface area contributed by atoms with Gasteiger partial charge in [-0.25, -0.2) is 0 Å². The molecule has 0 radical (unpaired) electrons. The van der Waals surface area contributed by atoms with E-state index < -0.39 is 0 Å². The lowest BCUT2D eigenvalue weighted by atomic mass is 10.2. The molecule has 0 aromatic carbocycles. The van der Waals surface area contributed by atoms with Gasteiger partial charge in [0.2, 0.25) is 0 Å². The Labute approximate surface area is 69.9 Å². The van der Waals surface area contributed by atoms with Gasteiger partial charge >= 0.3 is 0 Å². The summed E-state index contributed by atoms with van der Waals surface area (Å²) in [4.78, 5) is 0. The van der Waals surface area contributed by atoms with E-state index in [1.165, 1.54) is 19.3 Å². The van der Waals surface area contributed by atoms with E-state index in [1.807, 2.05) is 0 Å². The lowest BCUT2D eigenvalue weighted by molar-refractivity contribution is 0.365. The lowest BCUT2D eigenvalue weighted by Crippen LogP contribution is -1.89. The molecule has 2 saturated heterocycles. The third-order valence-electron chi connectivity index (χ3n) is 1.86. The maximum Gasteiger partial charge on any atom is 0.0810 e. The number of ether oxygens (including phenoxy) is 2. The van der Waals surface area contributed by atoms with Gasteiger partial charge in [0.1, 0.15) is 0 Å². The fourth-order valence-corrected chi connectivity index (χ4v) is 1.04. The van der Waals surface area contributed by atoms with E-state index >= 15 is 0 Å². The van der Waals surface area contributed by atoms with Gasteiger partial charge in [-0.1, -0.05) is 14.9 Å². The van der Waals surface area contributed by atoms with Crippen molar-refractivity contribution in [1.82, 2.24) is 0 Å². The fraction of sp³-hybridized carbons (Fsp3) is 1.00. The first-order valence-corrected chi connectivity index (χ1v) is 3.68. The minimum atomic E-state index is 0. The van der Waals surface area contributed by atoms with Gasteiger partial charge in [0, 0.05) is 0 Å². The largest absolute Gasteiger partial charge is 0.373 e. The van der Waals surface area contributed by atoms with Crippen molar-refractivity contribution in [3.8, 4) is 0 Å². The highest BCUT2D eigenvalue weighted by Gasteiger charge is 2.25. The molecule has 0 amide bonds. The molecule has 0 aliphatic carbocycles. The van der Waals surface area contributed by atoms with E-state index in [1.54, 1.807) is 0 Å². The van der Waals surface area contributed by atoms with Gasteiger partial charge in [-0.3, -0.25) is 0 Å². The Balaban J connectivity index is 0.000000500. The second-order valence-electron chi connectivity index (χ2n) is 2.84. The standard InChI is InChI=1S/C7H12O2.2CH4/c1(2-6-4-8-6)3-7-5-9-7;;/h6-7H,1-5H2;2*1H4. The molecule has 0 aromatic heterocycles. The van der Waals surface area contributed by atoms with E-state index in [-0.39, 0.29) is 14.9 Å². The average Bonchev–Trinajstić information content (AvgIpc) is 2.57. The molecule has 0 N–H and O–H groups in total. The number of epoxide rings is 2. The normalized spacial score (nSPS) is 31.6. The maximum absolute atomic E-state index is 5.07. The number of hydrogen-bond donors (Lipinski definition) is 0. The minimum Gasteiger partial charge on any atom is -0.373 e. The Morgan fingerprint density at radius 2 is 1.27 bits per heavy atom. The lowest BCUT2D eigenvalue weighted by Gasteiger charge is -1.90. The van der Waals surface area contributed by atoms with Crippen molar-refractivity contribution in [3.05, 3.63) is 0 Å². The summed E-state index contributed by atoms with van der Waals surface area (Å²) in [5, 5.41) is 0. The van der Waals surface area contributed by atoms with E-state index in [2.05, 4.69) is 0 Å². The van der Waals surface area contributed by atoms with Gasteiger partial charge in [0.05, 0.1) is 25.4 Å².